The highest BCUT2D eigenvalue weighted by atomic mass is 32.2. The molecule has 2 N–H and O–H groups in total. The van der Waals surface area contributed by atoms with Crippen molar-refractivity contribution in [1.82, 2.24) is 4.90 Å². The first-order chi connectivity index (χ1) is 10.9. The number of nitrogens with zero attached hydrogens (tertiary/aromatic N) is 2. The van der Waals surface area contributed by atoms with E-state index >= 15 is 0 Å². The minimum atomic E-state index is -3.63. The molecular formula is C17H19N3O2S. The summed E-state index contributed by atoms with van der Waals surface area (Å²) < 4.78 is 22.4. The molecule has 0 fully saturated rings. The molecule has 0 unspecified atom stereocenters. The molecule has 2 aromatic carbocycles. The van der Waals surface area contributed by atoms with Crippen molar-refractivity contribution in [3.05, 3.63) is 65.2 Å². The molecule has 0 heterocycles. The van der Waals surface area contributed by atoms with Crippen LogP contribution < -0.4 is 5.14 Å². The van der Waals surface area contributed by atoms with Crippen molar-refractivity contribution in [2.75, 3.05) is 13.6 Å². The van der Waals surface area contributed by atoms with E-state index in [1.165, 1.54) is 12.1 Å². The van der Waals surface area contributed by atoms with Gasteiger partial charge in [0.2, 0.25) is 10.0 Å². The minimum Gasteiger partial charge on any atom is -0.302 e. The van der Waals surface area contributed by atoms with Crippen LogP contribution in [0.5, 0.6) is 0 Å². The molecular weight excluding hydrogens is 310 g/mol. The van der Waals surface area contributed by atoms with Crippen LogP contribution >= 0.6 is 0 Å². The zero-order valence-electron chi connectivity index (χ0n) is 12.9. The van der Waals surface area contributed by atoms with Crippen molar-refractivity contribution in [1.29, 1.82) is 5.26 Å². The molecule has 0 amide bonds. The van der Waals surface area contributed by atoms with E-state index in [1.54, 1.807) is 12.1 Å². The average Bonchev–Trinajstić information content (AvgIpc) is 2.53. The van der Waals surface area contributed by atoms with E-state index in [4.69, 9.17) is 10.4 Å². The highest BCUT2D eigenvalue weighted by Gasteiger charge is 2.07. The number of rotatable bonds is 6. The van der Waals surface area contributed by atoms with E-state index in [9.17, 15) is 8.42 Å². The third kappa shape index (κ3) is 5.18. The van der Waals surface area contributed by atoms with Crippen LogP contribution in [0.25, 0.3) is 0 Å². The molecule has 6 heteroatoms. The summed E-state index contributed by atoms with van der Waals surface area (Å²) in [5.74, 6) is 0. The highest BCUT2D eigenvalue weighted by Crippen LogP contribution is 2.11. The minimum absolute atomic E-state index is 0.132. The van der Waals surface area contributed by atoms with E-state index in [0.29, 0.717) is 5.56 Å². The van der Waals surface area contributed by atoms with Crippen molar-refractivity contribution < 1.29 is 8.42 Å². The molecule has 0 aliphatic rings. The number of benzene rings is 2. The summed E-state index contributed by atoms with van der Waals surface area (Å²) in [5, 5.41) is 13.9. The molecule has 2 rings (SSSR count). The smallest absolute Gasteiger partial charge is 0.238 e. The van der Waals surface area contributed by atoms with Gasteiger partial charge in [-0.25, -0.2) is 13.6 Å². The molecule has 0 aliphatic heterocycles. The number of primary sulfonamides is 1. The lowest BCUT2D eigenvalue weighted by Crippen LogP contribution is -2.20. The molecule has 2 aromatic rings. The molecule has 0 bridgehead atoms. The van der Waals surface area contributed by atoms with Gasteiger partial charge in [0.25, 0.3) is 0 Å². The second-order valence-corrected chi connectivity index (χ2v) is 7.05. The van der Waals surface area contributed by atoms with Gasteiger partial charge in [0.1, 0.15) is 0 Å². The van der Waals surface area contributed by atoms with Crippen molar-refractivity contribution in [3.8, 4) is 6.07 Å². The molecule has 0 radical (unpaired) electrons. The van der Waals surface area contributed by atoms with Gasteiger partial charge < -0.3 is 4.90 Å². The Morgan fingerprint density at radius 3 is 2.13 bits per heavy atom. The fourth-order valence-corrected chi connectivity index (χ4v) is 2.76. The van der Waals surface area contributed by atoms with Crippen molar-refractivity contribution in [2.45, 2.75) is 17.9 Å². The maximum absolute atomic E-state index is 11.2. The fourth-order valence-electron chi connectivity index (χ4n) is 2.24. The third-order valence-electron chi connectivity index (χ3n) is 3.57. The lowest BCUT2D eigenvalue weighted by atomic mass is 10.1. The Kier molecular flexibility index (Phi) is 5.50. The van der Waals surface area contributed by atoms with Crippen LogP contribution in [0.4, 0.5) is 0 Å². The van der Waals surface area contributed by atoms with E-state index in [0.717, 1.165) is 30.6 Å². The largest absolute Gasteiger partial charge is 0.302 e. The topological polar surface area (TPSA) is 87.2 Å². The van der Waals surface area contributed by atoms with Crippen LogP contribution in [0.3, 0.4) is 0 Å². The van der Waals surface area contributed by atoms with E-state index in [2.05, 4.69) is 11.0 Å². The van der Waals surface area contributed by atoms with Crippen LogP contribution in [-0.2, 0) is 23.0 Å². The van der Waals surface area contributed by atoms with Gasteiger partial charge in [-0.05, 0) is 48.9 Å². The summed E-state index contributed by atoms with van der Waals surface area (Å²) in [4.78, 5) is 2.31. The van der Waals surface area contributed by atoms with E-state index < -0.39 is 10.0 Å². The lowest BCUT2D eigenvalue weighted by molar-refractivity contribution is 0.331. The van der Waals surface area contributed by atoms with Crippen LogP contribution in [0.1, 0.15) is 16.7 Å². The maximum atomic E-state index is 11.2. The van der Waals surface area contributed by atoms with Gasteiger partial charge in [0, 0.05) is 13.1 Å². The highest BCUT2D eigenvalue weighted by molar-refractivity contribution is 7.89. The van der Waals surface area contributed by atoms with Gasteiger partial charge in [-0.1, -0.05) is 24.3 Å². The van der Waals surface area contributed by atoms with Gasteiger partial charge in [-0.15, -0.1) is 0 Å². The molecule has 0 aromatic heterocycles. The summed E-state index contributed by atoms with van der Waals surface area (Å²) in [6, 6.07) is 16.3. The fraction of sp³-hybridized carbons (Fsp3) is 0.235. The summed E-state index contributed by atoms with van der Waals surface area (Å²) in [6.45, 7) is 1.63. The third-order valence-corrected chi connectivity index (χ3v) is 4.50. The summed E-state index contributed by atoms with van der Waals surface area (Å²) in [6.07, 6.45) is 0.817. The number of hydrogen-bond donors (Lipinski definition) is 1. The van der Waals surface area contributed by atoms with Gasteiger partial charge in [0.05, 0.1) is 16.5 Å². The number of likely N-dealkylation sites (N-methyl/N-ethyl adjacent to an activating group) is 1. The molecule has 0 atom stereocenters. The normalized spacial score (nSPS) is 11.4. The van der Waals surface area contributed by atoms with Gasteiger partial charge in [0.15, 0.2) is 0 Å². The van der Waals surface area contributed by atoms with E-state index in [-0.39, 0.29) is 4.90 Å². The van der Waals surface area contributed by atoms with Crippen LogP contribution in [0.2, 0.25) is 0 Å². The molecule has 23 heavy (non-hydrogen) atoms. The standard InChI is InChI=1S/C17H19N3O2S/c1-20(13-16-4-2-15(12-18)3-5-16)11-10-14-6-8-17(9-7-14)23(19,21)22/h2-9H,10-11,13H2,1H3,(H2,19,21,22). The average molecular weight is 329 g/mol. The van der Waals surface area contributed by atoms with Gasteiger partial charge in [-0.3, -0.25) is 0 Å². The van der Waals surface area contributed by atoms with Crippen molar-refractivity contribution in [2.24, 2.45) is 5.14 Å². The van der Waals surface area contributed by atoms with Crippen molar-refractivity contribution >= 4 is 10.0 Å². The van der Waals surface area contributed by atoms with Crippen LogP contribution in [0, 0.1) is 11.3 Å². The summed E-state index contributed by atoms with van der Waals surface area (Å²) in [7, 11) is -1.61. The molecule has 120 valence electrons. The number of nitrogens with two attached hydrogens (primary N) is 1. The lowest BCUT2D eigenvalue weighted by Gasteiger charge is -2.16. The Labute approximate surface area is 137 Å². The molecule has 0 aliphatic carbocycles. The second-order valence-electron chi connectivity index (χ2n) is 5.49. The first kappa shape index (κ1) is 17.2. The zero-order valence-corrected chi connectivity index (χ0v) is 13.8. The Hall–Kier alpha value is -2.20. The first-order valence-electron chi connectivity index (χ1n) is 7.18. The SMILES string of the molecule is CN(CCc1ccc(S(N)(=O)=O)cc1)Cc1ccc(C#N)cc1. The molecule has 0 saturated carbocycles. The summed E-state index contributed by atoms with van der Waals surface area (Å²) in [5.41, 5.74) is 2.87. The van der Waals surface area contributed by atoms with Crippen molar-refractivity contribution in [3.63, 3.8) is 0 Å². The number of nitriles is 1. The van der Waals surface area contributed by atoms with Gasteiger partial charge >= 0.3 is 0 Å². The predicted molar refractivity (Wildman–Crippen MR) is 89.0 cm³/mol. The molecule has 0 saturated heterocycles. The Morgan fingerprint density at radius 1 is 1.04 bits per heavy atom. The predicted octanol–water partition coefficient (Wildman–Crippen LogP) is 1.88. The second kappa shape index (κ2) is 7.38. The quantitative estimate of drug-likeness (QED) is 0.876. The van der Waals surface area contributed by atoms with Crippen LogP contribution in [0.15, 0.2) is 53.4 Å². The molecule has 5 nitrogen and oxygen atoms in total. The Balaban J connectivity index is 1.88. The summed E-state index contributed by atoms with van der Waals surface area (Å²) >= 11 is 0. The number of hydrogen-bond acceptors (Lipinski definition) is 4. The van der Waals surface area contributed by atoms with Crippen LogP contribution in [-0.4, -0.2) is 26.9 Å². The number of sulfonamides is 1. The van der Waals surface area contributed by atoms with Gasteiger partial charge in [-0.2, -0.15) is 5.26 Å². The Bertz CT molecular complexity index is 791. The monoisotopic (exact) mass is 329 g/mol. The molecule has 0 spiro atoms. The zero-order chi connectivity index (χ0) is 16.9. The Morgan fingerprint density at radius 2 is 1.61 bits per heavy atom. The first-order valence-corrected chi connectivity index (χ1v) is 8.72. The maximum Gasteiger partial charge on any atom is 0.238 e. The van der Waals surface area contributed by atoms with E-state index in [1.807, 2.05) is 31.3 Å².